The molecule has 0 aliphatic carbocycles. The third kappa shape index (κ3) is 2.33. The number of halogens is 1. The van der Waals surface area contributed by atoms with Gasteiger partial charge in [-0.15, -0.1) is 0 Å². The minimum atomic E-state index is 0.499. The minimum absolute atomic E-state index is 0.499. The number of aromatic nitrogens is 1. The van der Waals surface area contributed by atoms with Crippen LogP contribution in [-0.4, -0.2) is 4.98 Å². The number of nitrogens with two attached hydrogens (primary N) is 1. The highest BCUT2D eigenvalue weighted by molar-refractivity contribution is 6.30. The number of fused-ring (bicyclic) bond motifs is 1. The summed E-state index contributed by atoms with van der Waals surface area (Å²) in [6.45, 7) is 0. The lowest BCUT2D eigenvalue weighted by Gasteiger charge is -2.11. The second-order valence-electron chi connectivity index (χ2n) is 4.12. The molecule has 19 heavy (non-hydrogen) atoms. The van der Waals surface area contributed by atoms with Gasteiger partial charge in [0.2, 0.25) is 0 Å². The number of para-hydroxylation sites is 1. The van der Waals surface area contributed by atoms with Crippen molar-refractivity contribution >= 4 is 28.2 Å². The Balaban J connectivity index is 2.12. The van der Waals surface area contributed by atoms with Crippen LogP contribution in [0.4, 0.5) is 5.69 Å². The van der Waals surface area contributed by atoms with Gasteiger partial charge in [0, 0.05) is 10.4 Å². The van der Waals surface area contributed by atoms with E-state index in [0.717, 1.165) is 10.9 Å². The molecule has 2 aromatic carbocycles. The number of hydrogen-bond donors (Lipinski definition) is 1. The Morgan fingerprint density at radius 1 is 1.05 bits per heavy atom. The largest absolute Gasteiger partial charge is 0.454 e. The maximum Gasteiger partial charge on any atom is 0.161 e. The quantitative estimate of drug-likeness (QED) is 0.757. The fourth-order valence-corrected chi connectivity index (χ4v) is 2.07. The fourth-order valence-electron chi connectivity index (χ4n) is 1.89. The number of nitrogens with zero attached hydrogens (tertiary/aromatic N) is 1. The molecule has 0 amide bonds. The van der Waals surface area contributed by atoms with Gasteiger partial charge in [0.1, 0.15) is 5.75 Å². The van der Waals surface area contributed by atoms with E-state index in [1.165, 1.54) is 0 Å². The molecule has 3 aromatic rings. The molecule has 1 aromatic heterocycles. The van der Waals surface area contributed by atoms with Gasteiger partial charge in [0.05, 0.1) is 17.4 Å². The van der Waals surface area contributed by atoms with Crippen LogP contribution in [0.2, 0.25) is 5.02 Å². The lowest BCUT2D eigenvalue weighted by Crippen LogP contribution is -1.95. The molecule has 2 N–H and O–H groups in total. The number of anilines is 1. The molecular formula is C15H11ClN2O. The molecule has 0 bridgehead atoms. The molecule has 0 aliphatic heterocycles. The summed E-state index contributed by atoms with van der Waals surface area (Å²) < 4.78 is 5.85. The molecule has 0 unspecified atom stereocenters. The highest BCUT2D eigenvalue weighted by Crippen LogP contribution is 2.34. The predicted molar refractivity (Wildman–Crippen MR) is 77.7 cm³/mol. The van der Waals surface area contributed by atoms with E-state index in [4.69, 9.17) is 22.1 Å². The molecule has 0 atom stereocenters. The van der Waals surface area contributed by atoms with Crippen molar-refractivity contribution in [1.29, 1.82) is 0 Å². The summed E-state index contributed by atoms with van der Waals surface area (Å²) in [5.74, 6) is 1.25. The van der Waals surface area contributed by atoms with E-state index in [2.05, 4.69) is 4.98 Å². The number of ether oxygens (including phenoxy) is 1. The first-order chi connectivity index (χ1) is 9.24. The predicted octanol–water partition coefficient (Wildman–Crippen LogP) is 4.26. The zero-order valence-electron chi connectivity index (χ0n) is 10.0. The minimum Gasteiger partial charge on any atom is -0.454 e. The van der Waals surface area contributed by atoms with Crippen LogP contribution < -0.4 is 10.5 Å². The van der Waals surface area contributed by atoms with Crippen LogP contribution >= 0.6 is 11.6 Å². The summed E-state index contributed by atoms with van der Waals surface area (Å²) in [6.07, 6.45) is 1.60. The van der Waals surface area contributed by atoms with Gasteiger partial charge in [-0.2, -0.15) is 0 Å². The summed E-state index contributed by atoms with van der Waals surface area (Å²) in [5.41, 5.74) is 7.29. The Kier molecular flexibility index (Phi) is 2.97. The molecule has 0 saturated heterocycles. The molecule has 0 saturated carbocycles. The average molecular weight is 271 g/mol. The Hall–Kier alpha value is -2.26. The van der Waals surface area contributed by atoms with E-state index >= 15 is 0 Å². The van der Waals surface area contributed by atoms with E-state index in [1.54, 1.807) is 18.3 Å². The van der Waals surface area contributed by atoms with Crippen LogP contribution in [0.1, 0.15) is 0 Å². The Morgan fingerprint density at radius 2 is 1.89 bits per heavy atom. The zero-order valence-corrected chi connectivity index (χ0v) is 10.8. The smallest absolute Gasteiger partial charge is 0.161 e. The van der Waals surface area contributed by atoms with Gasteiger partial charge in [-0.25, -0.2) is 0 Å². The van der Waals surface area contributed by atoms with Crippen molar-refractivity contribution in [2.24, 2.45) is 0 Å². The number of pyridine rings is 1. The van der Waals surface area contributed by atoms with Gasteiger partial charge in [-0.1, -0.05) is 29.8 Å². The van der Waals surface area contributed by atoms with Crippen molar-refractivity contribution in [3.8, 4) is 11.5 Å². The third-order valence-corrected chi connectivity index (χ3v) is 3.00. The maximum absolute atomic E-state index is 5.95. The number of benzene rings is 2. The topological polar surface area (TPSA) is 48.1 Å². The second-order valence-corrected chi connectivity index (χ2v) is 4.56. The molecular weight excluding hydrogens is 260 g/mol. The van der Waals surface area contributed by atoms with Gasteiger partial charge < -0.3 is 10.5 Å². The monoisotopic (exact) mass is 270 g/mol. The first-order valence-electron chi connectivity index (χ1n) is 5.81. The molecule has 0 aliphatic rings. The van der Waals surface area contributed by atoms with E-state index in [1.807, 2.05) is 36.4 Å². The number of rotatable bonds is 2. The van der Waals surface area contributed by atoms with Crippen LogP contribution in [0.15, 0.2) is 54.7 Å². The molecule has 94 valence electrons. The normalized spacial score (nSPS) is 10.6. The summed E-state index contributed by atoms with van der Waals surface area (Å²) >= 11 is 5.95. The lowest BCUT2D eigenvalue weighted by molar-refractivity contribution is 0.490. The van der Waals surface area contributed by atoms with Crippen LogP contribution in [0.25, 0.3) is 10.9 Å². The summed E-state index contributed by atoms with van der Waals surface area (Å²) in [4.78, 5) is 4.27. The molecule has 3 rings (SSSR count). The highest BCUT2D eigenvalue weighted by Gasteiger charge is 2.08. The van der Waals surface area contributed by atoms with Crippen molar-refractivity contribution in [2.45, 2.75) is 0 Å². The average Bonchev–Trinajstić information content (AvgIpc) is 2.42. The van der Waals surface area contributed by atoms with Crippen LogP contribution in [0.3, 0.4) is 0 Å². The number of hydrogen-bond acceptors (Lipinski definition) is 3. The third-order valence-electron chi connectivity index (χ3n) is 2.77. The molecule has 0 spiro atoms. The zero-order chi connectivity index (χ0) is 13.2. The molecule has 1 heterocycles. The molecule has 0 fully saturated rings. The fraction of sp³-hybridized carbons (Fsp3) is 0. The molecule has 4 heteroatoms. The first kappa shape index (κ1) is 11.8. The summed E-state index contributed by atoms with van der Waals surface area (Å²) in [6, 6.07) is 14.9. The van der Waals surface area contributed by atoms with Crippen molar-refractivity contribution in [2.75, 3.05) is 5.73 Å². The van der Waals surface area contributed by atoms with E-state index in [0.29, 0.717) is 22.2 Å². The Morgan fingerprint density at radius 3 is 2.74 bits per heavy atom. The van der Waals surface area contributed by atoms with Gasteiger partial charge in [-0.05, 0) is 30.3 Å². The standard InChI is InChI=1S/C15H11ClN2O/c16-10-4-3-5-11(8-10)19-15-12-6-1-2-7-14(12)18-9-13(15)17/h1-9H,17H2. The van der Waals surface area contributed by atoms with Crippen LogP contribution in [-0.2, 0) is 0 Å². The number of nitrogen functional groups attached to an aromatic ring is 1. The van der Waals surface area contributed by atoms with Gasteiger partial charge >= 0.3 is 0 Å². The second kappa shape index (κ2) is 4.78. The van der Waals surface area contributed by atoms with E-state index in [9.17, 15) is 0 Å². The van der Waals surface area contributed by atoms with Crippen molar-refractivity contribution < 1.29 is 4.74 Å². The summed E-state index contributed by atoms with van der Waals surface area (Å²) in [5, 5.41) is 1.50. The van der Waals surface area contributed by atoms with Crippen molar-refractivity contribution in [3.05, 3.63) is 59.8 Å². The van der Waals surface area contributed by atoms with Crippen molar-refractivity contribution in [3.63, 3.8) is 0 Å². The van der Waals surface area contributed by atoms with E-state index in [-0.39, 0.29) is 0 Å². The highest BCUT2D eigenvalue weighted by atomic mass is 35.5. The van der Waals surface area contributed by atoms with Gasteiger partial charge in [0.15, 0.2) is 5.75 Å². The molecule has 3 nitrogen and oxygen atoms in total. The van der Waals surface area contributed by atoms with Crippen molar-refractivity contribution in [1.82, 2.24) is 4.98 Å². The molecule has 0 radical (unpaired) electrons. The van der Waals surface area contributed by atoms with Crippen LogP contribution in [0.5, 0.6) is 11.5 Å². The SMILES string of the molecule is Nc1cnc2ccccc2c1Oc1cccc(Cl)c1. The van der Waals surface area contributed by atoms with Gasteiger partial charge in [0.25, 0.3) is 0 Å². The summed E-state index contributed by atoms with van der Waals surface area (Å²) in [7, 11) is 0. The Bertz CT molecular complexity index is 743. The first-order valence-corrected chi connectivity index (χ1v) is 6.18. The lowest BCUT2D eigenvalue weighted by atomic mass is 10.2. The van der Waals surface area contributed by atoms with Gasteiger partial charge in [-0.3, -0.25) is 4.98 Å². The Labute approximate surface area is 115 Å². The maximum atomic E-state index is 5.95. The van der Waals surface area contributed by atoms with E-state index < -0.39 is 0 Å². The van der Waals surface area contributed by atoms with Crippen LogP contribution in [0, 0.1) is 0 Å².